The van der Waals surface area contributed by atoms with Crippen molar-refractivity contribution in [3.63, 3.8) is 0 Å². The van der Waals surface area contributed by atoms with Crippen LogP contribution in [0.25, 0.3) is 5.70 Å². The van der Waals surface area contributed by atoms with Gasteiger partial charge in [0.1, 0.15) is 29.4 Å². The molecule has 6 rings (SSSR count). The highest BCUT2D eigenvalue weighted by Crippen LogP contribution is 2.51. The number of nitrogens with one attached hydrogen (secondary N) is 1. The molecule has 1 N–H and O–H groups in total. The lowest BCUT2D eigenvalue weighted by Gasteiger charge is -2.38. The summed E-state index contributed by atoms with van der Waals surface area (Å²) in [6.45, 7) is 0. The zero-order valence-electron chi connectivity index (χ0n) is 18.1. The maximum atomic E-state index is 6.62. The largest absolute Gasteiger partial charge is 0.497 e. The number of para-hydroxylation sites is 2. The second kappa shape index (κ2) is 7.67. The van der Waals surface area contributed by atoms with Gasteiger partial charge < -0.3 is 19.5 Å². The number of nitrogens with zero attached hydrogens (tertiary/aromatic N) is 4. The van der Waals surface area contributed by atoms with E-state index in [1.165, 1.54) is 0 Å². The van der Waals surface area contributed by atoms with Gasteiger partial charge in [-0.1, -0.05) is 47.6 Å². The molecular weight excluding hydrogens is 418 g/mol. The van der Waals surface area contributed by atoms with E-state index in [0.717, 1.165) is 45.2 Å². The van der Waals surface area contributed by atoms with Crippen LogP contribution in [0, 0.1) is 0 Å². The van der Waals surface area contributed by atoms with E-state index in [4.69, 9.17) is 14.2 Å². The molecule has 0 unspecified atom stereocenters. The minimum Gasteiger partial charge on any atom is -0.497 e. The third-order valence-electron chi connectivity index (χ3n) is 6.09. The van der Waals surface area contributed by atoms with Crippen LogP contribution in [0.3, 0.4) is 0 Å². The molecule has 4 aromatic rings. The number of rotatable bonds is 4. The monoisotopic (exact) mass is 439 g/mol. The Balaban J connectivity index is 1.62. The van der Waals surface area contributed by atoms with Gasteiger partial charge in [-0.25, -0.2) is 0 Å². The van der Waals surface area contributed by atoms with Gasteiger partial charge in [0.15, 0.2) is 0 Å². The van der Waals surface area contributed by atoms with Crippen LogP contribution in [0.4, 0.5) is 5.95 Å². The number of hydrogen-bond acceptors (Lipinski definition) is 7. The van der Waals surface area contributed by atoms with E-state index in [2.05, 4.69) is 20.8 Å². The first-order chi connectivity index (χ1) is 16.3. The molecule has 0 aliphatic carbocycles. The topological polar surface area (TPSA) is 83.3 Å². The number of methoxy groups -OCH3 is 2. The van der Waals surface area contributed by atoms with E-state index in [9.17, 15) is 0 Å². The van der Waals surface area contributed by atoms with Crippen molar-refractivity contribution in [2.24, 2.45) is 0 Å². The fourth-order valence-electron chi connectivity index (χ4n) is 4.58. The lowest BCUT2D eigenvalue weighted by atomic mass is 9.84. The van der Waals surface area contributed by atoms with Gasteiger partial charge in [-0.3, -0.25) is 0 Å². The van der Waals surface area contributed by atoms with Crippen molar-refractivity contribution in [1.82, 2.24) is 20.2 Å². The van der Waals surface area contributed by atoms with Crippen LogP contribution >= 0.6 is 0 Å². The molecular formula is C25H21N5O3. The van der Waals surface area contributed by atoms with Gasteiger partial charge in [-0.15, -0.1) is 0 Å². The van der Waals surface area contributed by atoms with E-state index >= 15 is 0 Å². The first kappa shape index (κ1) is 19.4. The van der Waals surface area contributed by atoms with Crippen LogP contribution in [-0.2, 0) is 0 Å². The highest BCUT2D eigenvalue weighted by Gasteiger charge is 2.42. The molecule has 0 saturated carbocycles. The summed E-state index contributed by atoms with van der Waals surface area (Å²) in [4.78, 5) is 0. The fourth-order valence-corrected chi connectivity index (χ4v) is 4.58. The Morgan fingerprint density at radius 1 is 0.909 bits per heavy atom. The fraction of sp³-hybridized carbons (Fsp3) is 0.160. The minimum atomic E-state index is -0.374. The van der Waals surface area contributed by atoms with Crippen molar-refractivity contribution in [2.45, 2.75) is 12.1 Å². The number of fused-ring (bicyclic) bond motifs is 3. The summed E-state index contributed by atoms with van der Waals surface area (Å²) in [6, 6.07) is 23.5. The van der Waals surface area contributed by atoms with Crippen molar-refractivity contribution < 1.29 is 14.2 Å². The molecule has 2 aliphatic rings. The number of benzene rings is 3. The molecule has 8 nitrogen and oxygen atoms in total. The molecule has 1 aromatic heterocycles. The standard InChI is InChI=1S/C25H21N5O3/c1-31-16-13-11-15(12-14-16)24-21-22(17-7-3-6-10-20(17)33-24)26-25-27-28-29-30(25)23(21)18-8-4-5-9-19(18)32-2/h3-14,23-24H,1-2H3,(H,26,27,29)/t23-,24+/m1/s1. The quantitative estimate of drug-likeness (QED) is 0.509. The molecule has 3 aromatic carbocycles. The molecule has 8 heteroatoms. The lowest BCUT2D eigenvalue weighted by Crippen LogP contribution is -2.32. The Morgan fingerprint density at radius 3 is 2.52 bits per heavy atom. The zero-order chi connectivity index (χ0) is 22.4. The SMILES string of the molecule is COc1ccc([C@@H]2Oc3ccccc3C3=C2[C@@H](c2ccccc2OC)n2nnnc2N3)cc1. The van der Waals surface area contributed by atoms with Crippen molar-refractivity contribution in [1.29, 1.82) is 0 Å². The van der Waals surface area contributed by atoms with Crippen molar-refractivity contribution in [3.05, 3.63) is 95.1 Å². The molecule has 0 saturated heterocycles. The Morgan fingerprint density at radius 2 is 1.70 bits per heavy atom. The van der Waals surface area contributed by atoms with E-state index in [0.29, 0.717) is 5.95 Å². The van der Waals surface area contributed by atoms with Gasteiger partial charge in [-0.2, -0.15) is 4.68 Å². The summed E-state index contributed by atoms with van der Waals surface area (Å²) >= 11 is 0. The number of tetrazole rings is 1. The smallest absolute Gasteiger partial charge is 0.248 e. The van der Waals surface area contributed by atoms with E-state index in [1.54, 1.807) is 18.9 Å². The van der Waals surface area contributed by atoms with E-state index < -0.39 is 0 Å². The average molecular weight is 439 g/mol. The van der Waals surface area contributed by atoms with Gasteiger partial charge in [-0.05, 0) is 46.3 Å². The predicted octanol–water partition coefficient (Wildman–Crippen LogP) is 4.25. The van der Waals surface area contributed by atoms with E-state index in [1.807, 2.05) is 72.8 Å². The minimum absolute atomic E-state index is 0.331. The summed E-state index contributed by atoms with van der Waals surface area (Å²) in [7, 11) is 3.33. The second-order valence-electron chi connectivity index (χ2n) is 7.81. The number of hydrogen-bond donors (Lipinski definition) is 1. The third-order valence-corrected chi connectivity index (χ3v) is 6.09. The molecule has 164 valence electrons. The highest BCUT2D eigenvalue weighted by molar-refractivity contribution is 5.85. The van der Waals surface area contributed by atoms with Crippen LogP contribution < -0.4 is 19.5 Å². The van der Waals surface area contributed by atoms with Crippen molar-refractivity contribution in [3.8, 4) is 17.2 Å². The third kappa shape index (κ3) is 3.02. The molecule has 0 radical (unpaired) electrons. The van der Waals surface area contributed by atoms with Gasteiger partial charge in [0.25, 0.3) is 0 Å². The van der Waals surface area contributed by atoms with E-state index in [-0.39, 0.29) is 12.1 Å². The molecule has 0 fully saturated rings. The summed E-state index contributed by atoms with van der Waals surface area (Å²) in [6.07, 6.45) is -0.374. The van der Waals surface area contributed by atoms with Crippen LogP contribution in [0.2, 0.25) is 0 Å². The Hall–Kier alpha value is -4.33. The van der Waals surface area contributed by atoms with Crippen LogP contribution in [0.1, 0.15) is 28.8 Å². The second-order valence-corrected chi connectivity index (χ2v) is 7.81. The molecule has 0 amide bonds. The van der Waals surface area contributed by atoms with Crippen LogP contribution in [0.5, 0.6) is 17.2 Å². The molecule has 3 heterocycles. The van der Waals surface area contributed by atoms with Crippen LogP contribution in [0.15, 0.2) is 78.4 Å². The first-order valence-corrected chi connectivity index (χ1v) is 10.6. The number of aromatic nitrogens is 4. The maximum absolute atomic E-state index is 6.62. The lowest BCUT2D eigenvalue weighted by molar-refractivity contribution is 0.222. The normalized spacial score (nSPS) is 18.4. The first-order valence-electron chi connectivity index (χ1n) is 10.6. The number of ether oxygens (including phenoxy) is 3. The summed E-state index contributed by atoms with van der Waals surface area (Å²) in [5.74, 6) is 2.90. The number of anilines is 1. The molecule has 33 heavy (non-hydrogen) atoms. The van der Waals surface area contributed by atoms with Gasteiger partial charge >= 0.3 is 0 Å². The molecule has 0 spiro atoms. The van der Waals surface area contributed by atoms with Crippen molar-refractivity contribution in [2.75, 3.05) is 19.5 Å². The molecule has 2 atom stereocenters. The highest BCUT2D eigenvalue weighted by atomic mass is 16.5. The average Bonchev–Trinajstić information content (AvgIpc) is 3.35. The Bertz CT molecular complexity index is 1360. The van der Waals surface area contributed by atoms with Crippen LogP contribution in [-0.4, -0.2) is 34.4 Å². The Kier molecular flexibility index (Phi) is 4.50. The summed E-state index contributed by atoms with van der Waals surface area (Å²) < 4.78 is 19.5. The zero-order valence-corrected chi connectivity index (χ0v) is 18.1. The maximum Gasteiger partial charge on any atom is 0.248 e. The molecule has 2 aliphatic heterocycles. The molecule has 0 bridgehead atoms. The van der Waals surface area contributed by atoms with Crippen molar-refractivity contribution >= 4 is 11.6 Å². The predicted molar refractivity (Wildman–Crippen MR) is 122 cm³/mol. The van der Waals surface area contributed by atoms with Gasteiger partial charge in [0.2, 0.25) is 5.95 Å². The van der Waals surface area contributed by atoms with Gasteiger partial charge in [0.05, 0.1) is 19.9 Å². The summed E-state index contributed by atoms with van der Waals surface area (Å²) in [5.41, 5.74) is 4.85. The Labute approximate surface area is 190 Å². The summed E-state index contributed by atoms with van der Waals surface area (Å²) in [5, 5.41) is 16.0. The van der Waals surface area contributed by atoms with Gasteiger partial charge in [0, 0.05) is 16.7 Å².